The van der Waals surface area contributed by atoms with E-state index in [-0.39, 0.29) is 31.6 Å². The highest BCUT2D eigenvalue weighted by Crippen LogP contribution is 2.64. The van der Waals surface area contributed by atoms with Crippen molar-refractivity contribution in [2.75, 3.05) is 49.2 Å². The number of unbranched alkanes of at least 4 members (excludes halogenated alkanes) is 4. The average Bonchev–Trinajstić information content (AvgIpc) is 3.66. The number of ether oxygens (including phenoxy) is 2. The van der Waals surface area contributed by atoms with E-state index in [1.165, 1.54) is 0 Å². The fraction of sp³-hybridized carbons (Fsp3) is 0.639. The molecule has 1 N–H and O–H groups in total. The van der Waals surface area contributed by atoms with Crippen LogP contribution in [0.4, 0.5) is 11.4 Å². The van der Waals surface area contributed by atoms with Crippen molar-refractivity contribution in [3.8, 4) is 0 Å². The van der Waals surface area contributed by atoms with Gasteiger partial charge in [-0.1, -0.05) is 31.9 Å². The van der Waals surface area contributed by atoms with E-state index in [4.69, 9.17) is 9.47 Å². The van der Waals surface area contributed by atoms with Gasteiger partial charge in [0, 0.05) is 44.2 Å². The highest BCUT2D eigenvalue weighted by atomic mass is 16.6. The number of likely N-dealkylation sites (tertiary alicyclic amines) is 1. The van der Waals surface area contributed by atoms with Crippen molar-refractivity contribution in [1.29, 1.82) is 0 Å². The minimum absolute atomic E-state index is 0.127. The van der Waals surface area contributed by atoms with Gasteiger partial charge in [-0.3, -0.25) is 14.4 Å². The minimum Gasteiger partial charge on any atom is -0.465 e. The first-order chi connectivity index (χ1) is 21.8. The van der Waals surface area contributed by atoms with Crippen molar-refractivity contribution in [3.05, 3.63) is 49.6 Å². The number of nitrogens with zero attached hydrogens (tertiary/aromatic N) is 3. The van der Waals surface area contributed by atoms with Crippen LogP contribution in [-0.4, -0.2) is 84.4 Å². The van der Waals surface area contributed by atoms with Gasteiger partial charge in [-0.15, -0.1) is 13.2 Å². The maximum absolute atomic E-state index is 14.8. The van der Waals surface area contributed by atoms with Crippen LogP contribution in [0.2, 0.25) is 0 Å². The second kappa shape index (κ2) is 15.4. The lowest BCUT2D eigenvalue weighted by Gasteiger charge is -2.37. The monoisotopic (exact) mass is 623 g/mol. The Labute approximate surface area is 269 Å². The number of fused-ring (bicyclic) bond motifs is 1. The normalized spacial score (nSPS) is 26.5. The van der Waals surface area contributed by atoms with E-state index in [1.807, 2.05) is 31.2 Å². The van der Waals surface area contributed by atoms with Crippen molar-refractivity contribution in [1.82, 2.24) is 4.90 Å². The van der Waals surface area contributed by atoms with E-state index in [0.717, 1.165) is 43.7 Å². The fourth-order valence-electron chi connectivity index (χ4n) is 7.87. The number of hydrogen-bond donors (Lipinski definition) is 1. The van der Waals surface area contributed by atoms with Gasteiger partial charge in [0.05, 0.1) is 18.1 Å². The lowest BCUT2D eigenvalue weighted by molar-refractivity contribution is -0.161. The molecule has 1 aromatic rings. The Hall–Kier alpha value is -3.17. The summed E-state index contributed by atoms with van der Waals surface area (Å²) in [5.74, 6) is -2.37. The standard InChI is InChI=1S/C36H53N3O6/c1-6-11-16-26-44-34(43)30-29-32(41)39(24-14-12-13-15-25-40)31(36(29)22-21-35(30,8-3)45-36)33(42)38(23-7-2)28-19-17-27(18-20-28)37(9-4)10-5/h6-7,17-20,29-31,40H,1-2,8-16,21-26H2,3-5H3/t29-,30-,31?,35+,36?/m0/s1. The van der Waals surface area contributed by atoms with Gasteiger partial charge in [-0.2, -0.15) is 0 Å². The smallest absolute Gasteiger partial charge is 0.312 e. The number of amides is 2. The van der Waals surface area contributed by atoms with Crippen LogP contribution in [0, 0.1) is 11.8 Å². The van der Waals surface area contributed by atoms with Crippen molar-refractivity contribution in [2.45, 2.75) is 95.8 Å². The van der Waals surface area contributed by atoms with Crippen molar-refractivity contribution < 1.29 is 29.0 Å². The summed E-state index contributed by atoms with van der Waals surface area (Å²) in [6.45, 7) is 16.7. The van der Waals surface area contributed by atoms with Crippen LogP contribution in [0.1, 0.15) is 78.6 Å². The lowest BCUT2D eigenvalue weighted by Crippen LogP contribution is -2.56. The predicted octanol–water partition coefficient (Wildman–Crippen LogP) is 5.27. The summed E-state index contributed by atoms with van der Waals surface area (Å²) in [4.78, 5) is 48.6. The topological polar surface area (TPSA) is 99.6 Å². The van der Waals surface area contributed by atoms with E-state index < -0.39 is 35.0 Å². The van der Waals surface area contributed by atoms with E-state index in [2.05, 4.69) is 31.9 Å². The second-order valence-corrected chi connectivity index (χ2v) is 12.5. The molecule has 5 atom stereocenters. The van der Waals surface area contributed by atoms with Crippen LogP contribution in [0.3, 0.4) is 0 Å². The van der Waals surface area contributed by atoms with Gasteiger partial charge in [-0.05, 0) is 83.1 Å². The Morgan fingerprint density at radius 2 is 1.71 bits per heavy atom. The Morgan fingerprint density at radius 3 is 2.33 bits per heavy atom. The summed E-state index contributed by atoms with van der Waals surface area (Å²) in [5, 5.41) is 9.24. The molecule has 2 bridgehead atoms. The predicted molar refractivity (Wildman–Crippen MR) is 177 cm³/mol. The molecular weight excluding hydrogens is 570 g/mol. The zero-order valence-corrected chi connectivity index (χ0v) is 27.5. The van der Waals surface area contributed by atoms with Crippen LogP contribution in [-0.2, 0) is 23.9 Å². The molecule has 2 unspecified atom stereocenters. The highest BCUT2D eigenvalue weighted by Gasteiger charge is 2.79. The van der Waals surface area contributed by atoms with Crippen LogP contribution >= 0.6 is 0 Å². The summed E-state index contributed by atoms with van der Waals surface area (Å²) in [7, 11) is 0. The number of allylic oxidation sites excluding steroid dienone is 1. The molecule has 0 aromatic heterocycles. The molecule has 3 aliphatic rings. The van der Waals surface area contributed by atoms with E-state index >= 15 is 0 Å². The van der Waals surface area contributed by atoms with Crippen LogP contribution < -0.4 is 9.80 Å². The first kappa shape index (κ1) is 34.7. The average molecular weight is 624 g/mol. The number of benzene rings is 1. The Bertz CT molecular complexity index is 1200. The molecule has 3 fully saturated rings. The van der Waals surface area contributed by atoms with Gasteiger partial charge in [0.25, 0.3) is 5.91 Å². The highest BCUT2D eigenvalue weighted by molar-refractivity contribution is 6.05. The largest absolute Gasteiger partial charge is 0.465 e. The first-order valence-electron chi connectivity index (χ1n) is 16.9. The molecule has 3 heterocycles. The molecule has 9 nitrogen and oxygen atoms in total. The number of carbonyl (C=O) groups excluding carboxylic acids is 3. The fourth-order valence-corrected chi connectivity index (χ4v) is 7.87. The maximum Gasteiger partial charge on any atom is 0.312 e. The zero-order valence-electron chi connectivity index (χ0n) is 27.5. The van der Waals surface area contributed by atoms with Crippen molar-refractivity contribution >= 4 is 29.2 Å². The lowest BCUT2D eigenvalue weighted by atomic mass is 9.65. The zero-order chi connectivity index (χ0) is 32.6. The molecule has 4 rings (SSSR count). The molecule has 0 aliphatic carbocycles. The Balaban J connectivity index is 1.71. The summed E-state index contributed by atoms with van der Waals surface area (Å²) in [6, 6.07) is 7.07. The van der Waals surface area contributed by atoms with Crippen LogP contribution in [0.15, 0.2) is 49.6 Å². The molecule has 0 radical (unpaired) electrons. The molecule has 9 heteroatoms. The molecule has 1 aromatic carbocycles. The van der Waals surface area contributed by atoms with Crippen molar-refractivity contribution in [3.63, 3.8) is 0 Å². The molecule has 3 saturated heterocycles. The summed E-state index contributed by atoms with van der Waals surface area (Å²) >= 11 is 0. The second-order valence-electron chi connectivity index (χ2n) is 12.5. The molecule has 248 valence electrons. The summed E-state index contributed by atoms with van der Waals surface area (Å²) in [6.07, 6.45) is 9.59. The summed E-state index contributed by atoms with van der Waals surface area (Å²) in [5.41, 5.74) is -0.148. The minimum atomic E-state index is -1.11. The SMILES string of the molecule is C=CCCCOC(=O)[C@@H]1[C@H]2C(=O)N(CCCCCCO)C(C(=O)N(CC=C)c3ccc(N(CC)CC)cc3)C23CC[C@@]1(CC)O3. The number of aliphatic hydroxyl groups excluding tert-OH is 1. The molecule has 45 heavy (non-hydrogen) atoms. The van der Waals surface area contributed by atoms with E-state index in [0.29, 0.717) is 45.1 Å². The number of esters is 1. The summed E-state index contributed by atoms with van der Waals surface area (Å²) < 4.78 is 12.7. The van der Waals surface area contributed by atoms with E-state index in [1.54, 1.807) is 22.0 Å². The van der Waals surface area contributed by atoms with Crippen LogP contribution in [0.25, 0.3) is 0 Å². The van der Waals surface area contributed by atoms with Gasteiger partial charge in [0.15, 0.2) is 0 Å². The van der Waals surface area contributed by atoms with Crippen molar-refractivity contribution in [2.24, 2.45) is 11.8 Å². The number of hydrogen-bond acceptors (Lipinski definition) is 7. The quantitative estimate of drug-likeness (QED) is 0.127. The van der Waals surface area contributed by atoms with Gasteiger partial charge in [0.1, 0.15) is 17.6 Å². The van der Waals surface area contributed by atoms with Gasteiger partial charge < -0.3 is 29.3 Å². The van der Waals surface area contributed by atoms with E-state index in [9.17, 15) is 19.5 Å². The molecule has 1 spiro atoms. The number of carbonyl (C=O) groups is 3. The Kier molecular flexibility index (Phi) is 11.9. The third-order valence-corrected chi connectivity index (χ3v) is 10.1. The Morgan fingerprint density at radius 1 is 1.02 bits per heavy atom. The third kappa shape index (κ3) is 6.57. The van der Waals surface area contributed by atoms with Crippen LogP contribution in [0.5, 0.6) is 0 Å². The number of anilines is 2. The number of aliphatic hydroxyl groups is 1. The maximum atomic E-state index is 14.8. The number of rotatable bonds is 19. The molecular formula is C36H53N3O6. The molecule has 2 amide bonds. The van der Waals surface area contributed by atoms with Gasteiger partial charge in [-0.25, -0.2) is 0 Å². The molecule has 0 saturated carbocycles. The third-order valence-electron chi connectivity index (χ3n) is 10.1. The van der Waals surface area contributed by atoms with Gasteiger partial charge >= 0.3 is 5.97 Å². The first-order valence-corrected chi connectivity index (χ1v) is 16.9. The van der Waals surface area contributed by atoms with Gasteiger partial charge in [0.2, 0.25) is 5.91 Å². The molecule has 3 aliphatic heterocycles.